The van der Waals surface area contributed by atoms with Crippen LogP contribution in [0.2, 0.25) is 0 Å². The number of rotatable bonds is 5. The monoisotopic (exact) mass is 410 g/mol. The zero-order valence-corrected chi connectivity index (χ0v) is 17.5. The average molecular weight is 411 g/mol. The molecule has 1 saturated carbocycles. The van der Waals surface area contributed by atoms with Crippen LogP contribution in [0.4, 0.5) is 0 Å². The van der Waals surface area contributed by atoms with E-state index in [1.807, 2.05) is 0 Å². The van der Waals surface area contributed by atoms with E-state index in [9.17, 15) is 19.5 Å². The zero-order valence-electron chi connectivity index (χ0n) is 17.5. The maximum absolute atomic E-state index is 13.1. The Balaban J connectivity index is 1.72. The third-order valence-electron chi connectivity index (χ3n) is 6.32. The van der Waals surface area contributed by atoms with Gasteiger partial charge < -0.3 is 30.3 Å². The van der Waals surface area contributed by atoms with Gasteiger partial charge in [0.1, 0.15) is 5.60 Å². The summed E-state index contributed by atoms with van der Waals surface area (Å²) in [5.41, 5.74) is -1.29. The molecule has 0 aromatic rings. The second-order valence-corrected chi connectivity index (χ2v) is 8.66. The lowest BCUT2D eigenvalue weighted by atomic mass is 9.78. The molecular formula is C20H34N4O5. The van der Waals surface area contributed by atoms with Crippen molar-refractivity contribution in [2.24, 2.45) is 0 Å². The standard InChI is InChI=1S/C20H34N4O5/c1-23(2)18(26)17(25)22-15-5-3-12-24(19(27)20(28)8-4-9-20)16(15)13-29-14-6-10-21-11-7-14/h14-16,21,28H,3-13H2,1-2H3,(H,22,25). The molecule has 3 aliphatic rings. The molecule has 2 aliphatic heterocycles. The van der Waals surface area contributed by atoms with Crippen LogP contribution < -0.4 is 10.6 Å². The molecule has 1 aliphatic carbocycles. The number of nitrogens with zero attached hydrogens (tertiary/aromatic N) is 2. The van der Waals surface area contributed by atoms with Gasteiger partial charge in [0.25, 0.3) is 5.91 Å². The molecular weight excluding hydrogens is 376 g/mol. The Hall–Kier alpha value is -1.71. The molecule has 3 fully saturated rings. The van der Waals surface area contributed by atoms with Gasteiger partial charge in [-0.05, 0) is 58.0 Å². The van der Waals surface area contributed by atoms with Crippen molar-refractivity contribution in [1.82, 2.24) is 20.4 Å². The van der Waals surface area contributed by atoms with Crippen LogP contribution in [0.3, 0.4) is 0 Å². The third kappa shape index (κ3) is 5.07. The lowest BCUT2D eigenvalue weighted by Gasteiger charge is -2.47. The van der Waals surface area contributed by atoms with E-state index in [4.69, 9.17) is 4.74 Å². The van der Waals surface area contributed by atoms with E-state index in [0.29, 0.717) is 32.2 Å². The van der Waals surface area contributed by atoms with E-state index in [0.717, 1.165) is 32.4 Å². The fourth-order valence-electron chi connectivity index (χ4n) is 4.31. The summed E-state index contributed by atoms with van der Waals surface area (Å²) in [7, 11) is 3.06. The van der Waals surface area contributed by atoms with Crippen molar-refractivity contribution < 1.29 is 24.2 Å². The summed E-state index contributed by atoms with van der Waals surface area (Å²) in [5.74, 6) is -1.58. The SMILES string of the molecule is CN(C)C(=O)C(=O)NC1CCCN(C(=O)C2(O)CCC2)C1COC1CCNCC1. The Morgan fingerprint density at radius 3 is 2.45 bits per heavy atom. The normalized spacial score (nSPS) is 27.1. The number of likely N-dealkylation sites (tertiary alicyclic amines) is 1. The largest absolute Gasteiger partial charge is 0.380 e. The molecule has 9 nitrogen and oxygen atoms in total. The predicted molar refractivity (Wildman–Crippen MR) is 106 cm³/mol. The summed E-state index contributed by atoms with van der Waals surface area (Å²) in [6, 6.07) is -0.774. The first kappa shape index (κ1) is 22.0. The molecule has 3 amide bonds. The lowest BCUT2D eigenvalue weighted by Crippen LogP contribution is -2.65. The smallest absolute Gasteiger partial charge is 0.311 e. The Labute approximate surface area is 172 Å². The van der Waals surface area contributed by atoms with Crippen molar-refractivity contribution in [2.75, 3.05) is 40.3 Å². The predicted octanol–water partition coefficient (Wildman–Crippen LogP) is -0.766. The number of ether oxygens (including phenoxy) is 1. The number of amides is 3. The molecule has 9 heteroatoms. The molecule has 164 valence electrons. The summed E-state index contributed by atoms with van der Waals surface area (Å²) < 4.78 is 6.12. The van der Waals surface area contributed by atoms with Gasteiger partial charge in [-0.3, -0.25) is 14.4 Å². The fourth-order valence-corrected chi connectivity index (χ4v) is 4.31. The zero-order chi connectivity index (χ0) is 21.0. The van der Waals surface area contributed by atoms with Gasteiger partial charge in [-0.25, -0.2) is 0 Å². The van der Waals surface area contributed by atoms with E-state index < -0.39 is 23.5 Å². The van der Waals surface area contributed by atoms with Crippen molar-refractivity contribution >= 4 is 17.7 Å². The highest BCUT2D eigenvalue weighted by Crippen LogP contribution is 2.35. The van der Waals surface area contributed by atoms with Crippen molar-refractivity contribution in [3.63, 3.8) is 0 Å². The number of likely N-dealkylation sites (N-methyl/N-ethyl adjacent to an activating group) is 1. The minimum atomic E-state index is -1.29. The van der Waals surface area contributed by atoms with E-state index in [1.54, 1.807) is 4.90 Å². The fraction of sp³-hybridized carbons (Fsp3) is 0.850. The van der Waals surface area contributed by atoms with Crippen molar-refractivity contribution in [1.29, 1.82) is 0 Å². The molecule has 2 saturated heterocycles. The van der Waals surface area contributed by atoms with Crippen LogP contribution in [0, 0.1) is 0 Å². The van der Waals surface area contributed by atoms with Crippen LogP contribution in [-0.4, -0.2) is 96.8 Å². The number of carbonyl (C=O) groups is 3. The number of hydrogen-bond donors (Lipinski definition) is 3. The molecule has 29 heavy (non-hydrogen) atoms. The van der Waals surface area contributed by atoms with Gasteiger partial charge in [0, 0.05) is 20.6 Å². The number of carbonyl (C=O) groups excluding carboxylic acids is 3. The Bertz CT molecular complexity index is 616. The van der Waals surface area contributed by atoms with Crippen molar-refractivity contribution in [3.8, 4) is 0 Å². The summed E-state index contributed by atoms with van der Waals surface area (Å²) in [5, 5.41) is 16.7. The summed E-state index contributed by atoms with van der Waals surface area (Å²) in [6.07, 6.45) is 5.06. The third-order valence-corrected chi connectivity index (χ3v) is 6.32. The molecule has 0 spiro atoms. The Kier molecular flexibility index (Phi) is 7.13. The molecule has 2 heterocycles. The molecule has 0 bridgehead atoms. The highest BCUT2D eigenvalue weighted by Gasteiger charge is 2.48. The Morgan fingerprint density at radius 2 is 1.86 bits per heavy atom. The molecule has 2 unspecified atom stereocenters. The number of piperidine rings is 2. The molecule has 0 radical (unpaired) electrons. The second-order valence-electron chi connectivity index (χ2n) is 8.66. The number of aliphatic hydroxyl groups is 1. The van der Waals surface area contributed by atoms with Crippen LogP contribution in [0.5, 0.6) is 0 Å². The Morgan fingerprint density at radius 1 is 1.17 bits per heavy atom. The quantitative estimate of drug-likeness (QED) is 0.514. The van der Waals surface area contributed by atoms with Crippen LogP contribution in [-0.2, 0) is 19.1 Å². The van der Waals surface area contributed by atoms with Gasteiger partial charge in [-0.15, -0.1) is 0 Å². The van der Waals surface area contributed by atoms with Crippen molar-refractivity contribution in [2.45, 2.75) is 68.7 Å². The van der Waals surface area contributed by atoms with Gasteiger partial charge in [-0.1, -0.05) is 0 Å². The average Bonchev–Trinajstić information content (AvgIpc) is 2.70. The lowest BCUT2D eigenvalue weighted by molar-refractivity contribution is -0.168. The number of nitrogens with one attached hydrogen (secondary N) is 2. The highest BCUT2D eigenvalue weighted by atomic mass is 16.5. The first-order chi connectivity index (χ1) is 13.8. The maximum Gasteiger partial charge on any atom is 0.311 e. The summed E-state index contributed by atoms with van der Waals surface area (Å²) in [6.45, 7) is 2.60. The first-order valence-corrected chi connectivity index (χ1v) is 10.7. The molecule has 3 N–H and O–H groups in total. The second kappa shape index (κ2) is 9.40. The first-order valence-electron chi connectivity index (χ1n) is 10.7. The van der Waals surface area contributed by atoms with Gasteiger partial charge in [-0.2, -0.15) is 0 Å². The van der Waals surface area contributed by atoms with Crippen LogP contribution in [0.15, 0.2) is 0 Å². The van der Waals surface area contributed by atoms with E-state index in [1.165, 1.54) is 19.0 Å². The summed E-state index contributed by atoms with van der Waals surface area (Å²) >= 11 is 0. The van der Waals surface area contributed by atoms with E-state index >= 15 is 0 Å². The molecule has 0 aromatic carbocycles. The van der Waals surface area contributed by atoms with E-state index in [2.05, 4.69) is 10.6 Å². The number of hydrogen-bond acceptors (Lipinski definition) is 6. The van der Waals surface area contributed by atoms with Gasteiger partial charge >= 0.3 is 11.8 Å². The molecule has 3 rings (SSSR count). The minimum Gasteiger partial charge on any atom is -0.380 e. The van der Waals surface area contributed by atoms with Gasteiger partial charge in [0.2, 0.25) is 0 Å². The highest BCUT2D eigenvalue weighted by molar-refractivity contribution is 6.34. The molecule has 0 aromatic heterocycles. The van der Waals surface area contributed by atoms with Crippen LogP contribution in [0.25, 0.3) is 0 Å². The minimum absolute atomic E-state index is 0.113. The maximum atomic E-state index is 13.1. The van der Waals surface area contributed by atoms with Crippen molar-refractivity contribution in [3.05, 3.63) is 0 Å². The van der Waals surface area contributed by atoms with Gasteiger partial charge in [0.15, 0.2) is 0 Å². The van der Waals surface area contributed by atoms with E-state index in [-0.39, 0.29) is 24.7 Å². The topological polar surface area (TPSA) is 111 Å². The van der Waals surface area contributed by atoms with Crippen LogP contribution >= 0.6 is 0 Å². The van der Waals surface area contributed by atoms with Gasteiger partial charge in [0.05, 0.1) is 24.8 Å². The summed E-state index contributed by atoms with van der Waals surface area (Å²) in [4.78, 5) is 40.3. The molecule has 2 atom stereocenters. The van der Waals surface area contributed by atoms with Crippen LogP contribution in [0.1, 0.15) is 44.9 Å².